The lowest BCUT2D eigenvalue weighted by molar-refractivity contribution is 0.100. The monoisotopic (exact) mass is 335 g/mol. The Bertz CT molecular complexity index is 659. The minimum atomic E-state index is -0.526. The Hall–Kier alpha value is -2.21. The molecule has 0 aliphatic heterocycles. The van der Waals surface area contributed by atoms with E-state index in [2.05, 4.69) is 21.2 Å². The van der Waals surface area contributed by atoms with Gasteiger partial charge in [0.15, 0.2) is 0 Å². The first-order valence-electron chi connectivity index (χ1n) is 5.81. The zero-order chi connectivity index (χ0) is 14.7. The normalized spacial score (nSPS) is 10.1. The van der Waals surface area contributed by atoms with E-state index in [0.29, 0.717) is 28.4 Å². The van der Waals surface area contributed by atoms with Crippen LogP contribution in [0.25, 0.3) is 0 Å². The molecule has 104 valence electrons. The first kappa shape index (κ1) is 14.2. The molecule has 5 nitrogen and oxygen atoms in total. The van der Waals surface area contributed by atoms with Crippen molar-refractivity contribution in [3.8, 4) is 5.75 Å². The Morgan fingerprint density at radius 3 is 2.60 bits per heavy atom. The number of benzene rings is 2. The highest BCUT2D eigenvalue weighted by Crippen LogP contribution is 2.32. The number of halogens is 1. The lowest BCUT2D eigenvalue weighted by atomic mass is 10.1. The number of hydrogen-bond donors (Lipinski definition) is 3. The van der Waals surface area contributed by atoms with Crippen LogP contribution in [0.5, 0.6) is 5.75 Å². The van der Waals surface area contributed by atoms with E-state index in [1.807, 2.05) is 18.2 Å². The van der Waals surface area contributed by atoms with Crippen LogP contribution in [0.1, 0.15) is 10.4 Å². The number of rotatable bonds is 4. The lowest BCUT2D eigenvalue weighted by Gasteiger charge is -2.14. The van der Waals surface area contributed by atoms with Gasteiger partial charge in [-0.1, -0.05) is 15.9 Å². The summed E-state index contributed by atoms with van der Waals surface area (Å²) in [6, 6.07) is 10.4. The summed E-state index contributed by atoms with van der Waals surface area (Å²) in [5.74, 6) is 0.118. The van der Waals surface area contributed by atoms with Gasteiger partial charge in [-0.15, -0.1) is 0 Å². The van der Waals surface area contributed by atoms with E-state index in [0.717, 1.165) is 4.47 Å². The van der Waals surface area contributed by atoms with Gasteiger partial charge < -0.3 is 21.5 Å². The van der Waals surface area contributed by atoms with Crippen molar-refractivity contribution < 1.29 is 9.53 Å². The second-order valence-electron chi connectivity index (χ2n) is 4.14. The molecule has 0 spiro atoms. The van der Waals surface area contributed by atoms with E-state index in [1.54, 1.807) is 25.3 Å². The second kappa shape index (κ2) is 5.83. The molecule has 0 atom stereocenters. The molecule has 2 rings (SSSR count). The number of methoxy groups -OCH3 is 1. The first-order chi connectivity index (χ1) is 9.51. The number of nitrogens with one attached hydrogen (secondary N) is 1. The Kier molecular flexibility index (Phi) is 4.14. The van der Waals surface area contributed by atoms with Crippen LogP contribution in [-0.4, -0.2) is 13.0 Å². The number of hydrogen-bond acceptors (Lipinski definition) is 4. The van der Waals surface area contributed by atoms with E-state index in [9.17, 15) is 4.79 Å². The molecule has 0 fully saturated rings. The van der Waals surface area contributed by atoms with Crippen molar-refractivity contribution in [3.05, 3.63) is 46.4 Å². The summed E-state index contributed by atoms with van der Waals surface area (Å²) in [6.45, 7) is 0. The molecule has 0 unspecified atom stereocenters. The van der Waals surface area contributed by atoms with Crippen LogP contribution in [0.3, 0.4) is 0 Å². The average Bonchev–Trinajstić information content (AvgIpc) is 2.38. The van der Waals surface area contributed by atoms with Crippen LogP contribution in [0.4, 0.5) is 17.1 Å². The van der Waals surface area contributed by atoms with Gasteiger partial charge in [-0.2, -0.15) is 0 Å². The summed E-state index contributed by atoms with van der Waals surface area (Å²) < 4.78 is 6.15. The Morgan fingerprint density at radius 1 is 1.20 bits per heavy atom. The van der Waals surface area contributed by atoms with Crippen molar-refractivity contribution >= 4 is 38.9 Å². The third kappa shape index (κ3) is 3.03. The van der Waals surface area contributed by atoms with Crippen molar-refractivity contribution in [1.29, 1.82) is 0 Å². The maximum atomic E-state index is 11.4. The lowest BCUT2D eigenvalue weighted by Crippen LogP contribution is -2.13. The van der Waals surface area contributed by atoms with Gasteiger partial charge >= 0.3 is 0 Å². The molecule has 5 N–H and O–H groups in total. The smallest absolute Gasteiger partial charge is 0.250 e. The van der Waals surface area contributed by atoms with E-state index in [4.69, 9.17) is 16.2 Å². The van der Waals surface area contributed by atoms with Crippen molar-refractivity contribution in [2.45, 2.75) is 0 Å². The summed E-state index contributed by atoms with van der Waals surface area (Å²) in [7, 11) is 1.57. The molecule has 1 amide bonds. The Balaban J connectivity index is 2.46. The number of anilines is 3. The molecule has 0 aliphatic carbocycles. The highest BCUT2D eigenvalue weighted by atomic mass is 79.9. The molecule has 0 radical (unpaired) electrons. The number of carbonyl (C=O) groups excluding carboxylic acids is 1. The van der Waals surface area contributed by atoms with Crippen molar-refractivity contribution in [3.63, 3.8) is 0 Å². The molecule has 0 heterocycles. The molecule has 2 aromatic rings. The largest absolute Gasteiger partial charge is 0.495 e. The second-order valence-corrected chi connectivity index (χ2v) is 5.05. The number of ether oxygens (including phenoxy) is 1. The zero-order valence-electron chi connectivity index (χ0n) is 10.8. The van der Waals surface area contributed by atoms with Gasteiger partial charge in [0.05, 0.1) is 24.0 Å². The van der Waals surface area contributed by atoms with Crippen molar-refractivity contribution in [2.75, 3.05) is 18.2 Å². The molecule has 0 aromatic heterocycles. The average molecular weight is 336 g/mol. The van der Waals surface area contributed by atoms with Gasteiger partial charge in [0, 0.05) is 10.2 Å². The fourth-order valence-corrected chi connectivity index (χ4v) is 2.16. The van der Waals surface area contributed by atoms with E-state index >= 15 is 0 Å². The molecular weight excluding hydrogens is 322 g/mol. The fourth-order valence-electron chi connectivity index (χ4n) is 1.80. The molecule has 2 aromatic carbocycles. The van der Waals surface area contributed by atoms with Gasteiger partial charge in [0.1, 0.15) is 5.75 Å². The maximum absolute atomic E-state index is 11.4. The zero-order valence-corrected chi connectivity index (χ0v) is 12.4. The molecule has 0 saturated carbocycles. The standard InChI is InChI=1S/C14H14BrN3O2/c1-20-13-5-2-8(15)6-12(13)18-11-7-9(16)3-4-10(11)14(17)19/h2-7,18H,16H2,1H3,(H2,17,19). The van der Waals surface area contributed by atoms with Crippen LogP contribution in [0, 0.1) is 0 Å². The number of carbonyl (C=O) groups is 1. The van der Waals surface area contributed by atoms with Gasteiger partial charge in [-0.05, 0) is 36.4 Å². The summed E-state index contributed by atoms with van der Waals surface area (Å²) in [4.78, 5) is 11.4. The van der Waals surface area contributed by atoms with E-state index < -0.39 is 5.91 Å². The van der Waals surface area contributed by atoms with Crippen LogP contribution in [-0.2, 0) is 0 Å². The SMILES string of the molecule is COc1ccc(Br)cc1Nc1cc(N)ccc1C(N)=O. The Labute approximate surface area is 125 Å². The van der Waals surface area contributed by atoms with Crippen LogP contribution in [0.15, 0.2) is 40.9 Å². The number of nitrogens with two attached hydrogens (primary N) is 2. The first-order valence-corrected chi connectivity index (χ1v) is 6.60. The number of amides is 1. The summed E-state index contributed by atoms with van der Waals surface area (Å²) in [5.41, 5.74) is 13.2. The molecule has 0 saturated heterocycles. The molecule has 0 bridgehead atoms. The van der Waals surface area contributed by atoms with E-state index in [1.165, 1.54) is 0 Å². The van der Waals surface area contributed by atoms with Crippen molar-refractivity contribution in [1.82, 2.24) is 0 Å². The molecule has 0 aliphatic rings. The minimum Gasteiger partial charge on any atom is -0.495 e. The van der Waals surface area contributed by atoms with Crippen molar-refractivity contribution in [2.24, 2.45) is 5.73 Å². The third-order valence-electron chi connectivity index (χ3n) is 2.74. The topological polar surface area (TPSA) is 90.4 Å². The van der Waals surface area contributed by atoms with Crippen LogP contribution in [0.2, 0.25) is 0 Å². The highest BCUT2D eigenvalue weighted by Gasteiger charge is 2.11. The Morgan fingerprint density at radius 2 is 1.95 bits per heavy atom. The van der Waals surface area contributed by atoms with Crippen LogP contribution < -0.4 is 21.5 Å². The van der Waals surface area contributed by atoms with Crippen LogP contribution >= 0.6 is 15.9 Å². The number of primary amides is 1. The summed E-state index contributed by atoms with van der Waals surface area (Å²) in [5, 5.41) is 3.12. The third-order valence-corrected chi connectivity index (χ3v) is 3.23. The highest BCUT2D eigenvalue weighted by molar-refractivity contribution is 9.10. The summed E-state index contributed by atoms with van der Waals surface area (Å²) in [6.07, 6.45) is 0. The summed E-state index contributed by atoms with van der Waals surface area (Å²) >= 11 is 3.39. The van der Waals surface area contributed by atoms with Gasteiger partial charge in [-0.3, -0.25) is 4.79 Å². The quantitative estimate of drug-likeness (QED) is 0.749. The maximum Gasteiger partial charge on any atom is 0.250 e. The molecular formula is C14H14BrN3O2. The minimum absolute atomic E-state index is 0.362. The predicted molar refractivity (Wildman–Crippen MR) is 83.3 cm³/mol. The van der Waals surface area contributed by atoms with Gasteiger partial charge in [0.2, 0.25) is 0 Å². The molecule has 6 heteroatoms. The fraction of sp³-hybridized carbons (Fsp3) is 0.0714. The van der Waals surface area contributed by atoms with Gasteiger partial charge in [-0.25, -0.2) is 0 Å². The predicted octanol–water partition coefficient (Wildman–Crippen LogP) is 2.88. The molecule has 20 heavy (non-hydrogen) atoms. The van der Waals surface area contributed by atoms with Gasteiger partial charge in [0.25, 0.3) is 5.91 Å². The number of nitrogen functional groups attached to an aromatic ring is 1. The van der Waals surface area contributed by atoms with E-state index in [-0.39, 0.29) is 0 Å².